The second-order valence-electron chi connectivity index (χ2n) is 4.92. The van der Waals surface area contributed by atoms with E-state index in [-0.39, 0.29) is 5.91 Å². The molecule has 2 aromatic carbocycles. The van der Waals surface area contributed by atoms with E-state index in [1.54, 1.807) is 0 Å². The predicted molar refractivity (Wildman–Crippen MR) is 87.8 cm³/mol. The summed E-state index contributed by atoms with van der Waals surface area (Å²) >= 11 is 5.93. The number of aryl methyl sites for hydroxylation is 1. The van der Waals surface area contributed by atoms with Crippen LogP contribution in [0.25, 0.3) is 0 Å². The Morgan fingerprint density at radius 3 is 2.71 bits per heavy atom. The molecule has 0 saturated heterocycles. The zero-order valence-corrected chi connectivity index (χ0v) is 12.8. The van der Waals surface area contributed by atoms with E-state index in [9.17, 15) is 4.79 Å². The van der Waals surface area contributed by atoms with Crippen LogP contribution in [0.2, 0.25) is 5.02 Å². The van der Waals surface area contributed by atoms with Crippen molar-refractivity contribution in [2.45, 2.75) is 13.3 Å². The van der Waals surface area contributed by atoms with Crippen molar-refractivity contribution < 1.29 is 4.79 Å². The summed E-state index contributed by atoms with van der Waals surface area (Å²) in [5, 5.41) is 6.77. The highest BCUT2D eigenvalue weighted by Gasteiger charge is 2.03. The van der Waals surface area contributed by atoms with Gasteiger partial charge in [0.05, 0.1) is 6.54 Å². The van der Waals surface area contributed by atoms with Gasteiger partial charge in [0.25, 0.3) is 0 Å². The van der Waals surface area contributed by atoms with Crippen molar-refractivity contribution in [3.05, 3.63) is 64.7 Å². The van der Waals surface area contributed by atoms with Crippen LogP contribution in [-0.2, 0) is 11.2 Å². The average molecular weight is 303 g/mol. The molecule has 0 unspecified atom stereocenters. The molecule has 0 heterocycles. The van der Waals surface area contributed by atoms with E-state index in [0.717, 1.165) is 34.8 Å². The fourth-order valence-corrected chi connectivity index (χ4v) is 2.25. The number of hydrogen-bond acceptors (Lipinski definition) is 2. The van der Waals surface area contributed by atoms with Crippen LogP contribution in [0.3, 0.4) is 0 Å². The third-order valence-electron chi connectivity index (χ3n) is 3.18. The molecule has 0 fully saturated rings. The number of hydrogen-bond donors (Lipinski definition) is 2. The van der Waals surface area contributed by atoms with Crippen molar-refractivity contribution in [2.24, 2.45) is 0 Å². The Labute approximate surface area is 130 Å². The van der Waals surface area contributed by atoms with E-state index >= 15 is 0 Å². The first-order valence-corrected chi connectivity index (χ1v) is 7.33. The highest BCUT2D eigenvalue weighted by Crippen LogP contribution is 2.12. The molecule has 1 amide bonds. The van der Waals surface area contributed by atoms with E-state index in [1.807, 2.05) is 55.5 Å². The number of benzene rings is 2. The Hall–Kier alpha value is -1.84. The van der Waals surface area contributed by atoms with Crippen LogP contribution >= 0.6 is 11.6 Å². The molecular formula is C17H19ClN2O. The van der Waals surface area contributed by atoms with Gasteiger partial charge in [0.1, 0.15) is 0 Å². The van der Waals surface area contributed by atoms with Gasteiger partial charge in [-0.15, -0.1) is 0 Å². The minimum Gasteiger partial charge on any atom is -0.325 e. The molecule has 0 aliphatic heterocycles. The molecule has 2 aromatic rings. The SMILES string of the molecule is Cc1ccccc1NC(=O)CNCCc1cccc(Cl)c1. The molecule has 0 aromatic heterocycles. The molecule has 2 N–H and O–H groups in total. The molecule has 21 heavy (non-hydrogen) atoms. The van der Waals surface area contributed by atoms with E-state index in [0.29, 0.717) is 6.54 Å². The van der Waals surface area contributed by atoms with Gasteiger partial charge >= 0.3 is 0 Å². The van der Waals surface area contributed by atoms with Gasteiger partial charge in [-0.3, -0.25) is 4.79 Å². The number of amides is 1. The smallest absolute Gasteiger partial charge is 0.238 e. The maximum atomic E-state index is 11.8. The van der Waals surface area contributed by atoms with Gasteiger partial charge in [-0.25, -0.2) is 0 Å². The van der Waals surface area contributed by atoms with Gasteiger partial charge in [-0.2, -0.15) is 0 Å². The molecule has 0 aliphatic rings. The largest absolute Gasteiger partial charge is 0.325 e. The molecule has 0 bridgehead atoms. The van der Waals surface area contributed by atoms with Crippen molar-refractivity contribution >= 4 is 23.2 Å². The van der Waals surface area contributed by atoms with E-state index in [2.05, 4.69) is 10.6 Å². The van der Waals surface area contributed by atoms with Crippen LogP contribution in [0.4, 0.5) is 5.69 Å². The summed E-state index contributed by atoms with van der Waals surface area (Å²) in [7, 11) is 0. The van der Waals surface area contributed by atoms with Gasteiger partial charge < -0.3 is 10.6 Å². The summed E-state index contributed by atoms with van der Waals surface area (Å²) in [4.78, 5) is 11.8. The summed E-state index contributed by atoms with van der Waals surface area (Å²) in [6, 6.07) is 15.5. The van der Waals surface area contributed by atoms with Crippen LogP contribution in [0.1, 0.15) is 11.1 Å². The lowest BCUT2D eigenvalue weighted by Crippen LogP contribution is -2.29. The summed E-state index contributed by atoms with van der Waals surface area (Å²) in [6.07, 6.45) is 0.845. The zero-order valence-electron chi connectivity index (χ0n) is 12.0. The Balaban J connectivity index is 1.71. The Bertz CT molecular complexity index is 613. The molecule has 4 heteroatoms. The number of carbonyl (C=O) groups is 1. The molecular weight excluding hydrogens is 284 g/mol. The molecule has 0 aliphatic carbocycles. The number of rotatable bonds is 6. The first kappa shape index (κ1) is 15.5. The molecule has 0 spiro atoms. The molecule has 0 atom stereocenters. The quantitative estimate of drug-likeness (QED) is 0.803. The normalized spacial score (nSPS) is 10.4. The second kappa shape index (κ2) is 7.81. The van der Waals surface area contributed by atoms with Gasteiger partial charge in [0, 0.05) is 10.7 Å². The zero-order chi connectivity index (χ0) is 15.1. The number of carbonyl (C=O) groups excluding carboxylic acids is 1. The first-order valence-electron chi connectivity index (χ1n) is 6.96. The van der Waals surface area contributed by atoms with Crippen LogP contribution < -0.4 is 10.6 Å². The lowest BCUT2D eigenvalue weighted by Gasteiger charge is -2.09. The van der Waals surface area contributed by atoms with Crippen molar-refractivity contribution in [2.75, 3.05) is 18.4 Å². The van der Waals surface area contributed by atoms with Crippen molar-refractivity contribution in [3.63, 3.8) is 0 Å². The van der Waals surface area contributed by atoms with Crippen LogP contribution in [-0.4, -0.2) is 19.0 Å². The molecule has 3 nitrogen and oxygen atoms in total. The van der Waals surface area contributed by atoms with Gasteiger partial charge in [0.2, 0.25) is 5.91 Å². The number of anilines is 1. The fourth-order valence-electron chi connectivity index (χ4n) is 2.03. The van der Waals surface area contributed by atoms with Gasteiger partial charge in [-0.1, -0.05) is 41.9 Å². The standard InChI is InChI=1S/C17H19ClN2O/c1-13-5-2-3-8-16(13)20-17(21)12-19-10-9-14-6-4-7-15(18)11-14/h2-8,11,19H,9-10,12H2,1H3,(H,20,21). The summed E-state index contributed by atoms with van der Waals surface area (Å²) in [5.74, 6) is -0.0320. The molecule has 110 valence electrons. The number of para-hydroxylation sites is 1. The van der Waals surface area contributed by atoms with Gasteiger partial charge in [-0.05, 0) is 49.2 Å². The highest BCUT2D eigenvalue weighted by atomic mass is 35.5. The lowest BCUT2D eigenvalue weighted by molar-refractivity contribution is -0.115. The van der Waals surface area contributed by atoms with E-state index in [4.69, 9.17) is 11.6 Å². The van der Waals surface area contributed by atoms with Crippen molar-refractivity contribution in [1.29, 1.82) is 0 Å². The number of nitrogens with one attached hydrogen (secondary N) is 2. The monoisotopic (exact) mass is 302 g/mol. The summed E-state index contributed by atoms with van der Waals surface area (Å²) < 4.78 is 0. The third-order valence-corrected chi connectivity index (χ3v) is 3.42. The average Bonchev–Trinajstić information content (AvgIpc) is 2.46. The maximum Gasteiger partial charge on any atom is 0.238 e. The predicted octanol–water partition coefficient (Wildman–Crippen LogP) is 3.42. The van der Waals surface area contributed by atoms with E-state index in [1.165, 1.54) is 0 Å². The number of halogens is 1. The second-order valence-corrected chi connectivity index (χ2v) is 5.36. The van der Waals surface area contributed by atoms with Gasteiger partial charge in [0.15, 0.2) is 0 Å². The first-order chi connectivity index (χ1) is 10.1. The summed E-state index contributed by atoms with van der Waals surface area (Å²) in [5.41, 5.74) is 3.08. The topological polar surface area (TPSA) is 41.1 Å². The van der Waals surface area contributed by atoms with Crippen molar-refractivity contribution in [3.8, 4) is 0 Å². The van der Waals surface area contributed by atoms with Crippen LogP contribution in [0, 0.1) is 6.92 Å². The minimum absolute atomic E-state index is 0.0320. The van der Waals surface area contributed by atoms with Crippen molar-refractivity contribution in [1.82, 2.24) is 5.32 Å². The molecule has 0 saturated carbocycles. The van der Waals surface area contributed by atoms with E-state index < -0.39 is 0 Å². The summed E-state index contributed by atoms with van der Waals surface area (Å²) in [6.45, 7) is 3.01. The maximum absolute atomic E-state index is 11.8. The Morgan fingerprint density at radius 2 is 1.95 bits per heavy atom. The highest BCUT2D eigenvalue weighted by molar-refractivity contribution is 6.30. The molecule has 0 radical (unpaired) electrons. The third kappa shape index (κ3) is 5.21. The lowest BCUT2D eigenvalue weighted by atomic mass is 10.1. The minimum atomic E-state index is -0.0320. The molecule has 2 rings (SSSR count). The Morgan fingerprint density at radius 1 is 1.14 bits per heavy atom. The Kier molecular flexibility index (Phi) is 5.78. The van der Waals surface area contributed by atoms with Crippen LogP contribution in [0.15, 0.2) is 48.5 Å². The fraction of sp³-hybridized carbons (Fsp3) is 0.235. The van der Waals surface area contributed by atoms with Crippen LogP contribution in [0.5, 0.6) is 0 Å².